The van der Waals surface area contributed by atoms with Crippen molar-refractivity contribution in [3.63, 3.8) is 0 Å². The summed E-state index contributed by atoms with van der Waals surface area (Å²) in [5.41, 5.74) is 2.17. The Kier molecular flexibility index (Phi) is 9.40. The third-order valence-electron chi connectivity index (χ3n) is 5.01. The number of methoxy groups -OCH3 is 1. The zero-order valence-electron chi connectivity index (χ0n) is 17.4. The van der Waals surface area contributed by atoms with Crippen LogP contribution in [0.1, 0.15) is 31.4 Å². The maximum Gasteiger partial charge on any atom is 0.234 e. The van der Waals surface area contributed by atoms with Crippen LogP contribution in [0, 0.1) is 0 Å². The maximum absolute atomic E-state index is 12.3. The van der Waals surface area contributed by atoms with Crippen LogP contribution in [0.4, 0.5) is 0 Å². The highest BCUT2D eigenvalue weighted by atomic mass is 16.5. The highest BCUT2D eigenvalue weighted by molar-refractivity contribution is 5.78. The Bertz CT molecular complexity index is 630. The van der Waals surface area contributed by atoms with E-state index in [1.54, 1.807) is 7.11 Å². The van der Waals surface area contributed by atoms with Gasteiger partial charge in [0.05, 0.1) is 19.7 Å². The smallest absolute Gasteiger partial charge is 0.234 e. The summed E-state index contributed by atoms with van der Waals surface area (Å²) in [5.74, 6) is 0.108. The molecule has 1 atom stereocenters. The van der Waals surface area contributed by atoms with E-state index in [-0.39, 0.29) is 17.9 Å². The number of hydrogen-bond acceptors (Lipinski definition) is 5. The molecule has 0 bridgehead atoms. The molecule has 1 aromatic rings. The molecular formula is C21H34N4O3. The fourth-order valence-corrected chi connectivity index (χ4v) is 3.19. The second-order valence-corrected chi connectivity index (χ2v) is 7.46. The predicted molar refractivity (Wildman–Crippen MR) is 110 cm³/mol. The molecule has 7 nitrogen and oxygen atoms in total. The number of hydrogen-bond donors (Lipinski definition) is 2. The van der Waals surface area contributed by atoms with Crippen LogP contribution in [0.15, 0.2) is 24.3 Å². The Morgan fingerprint density at radius 2 is 1.68 bits per heavy atom. The molecule has 156 valence electrons. The molecule has 0 aromatic heterocycles. The lowest BCUT2D eigenvalue weighted by atomic mass is 10.1. The van der Waals surface area contributed by atoms with Crippen LogP contribution in [0.2, 0.25) is 0 Å². The number of piperazine rings is 1. The van der Waals surface area contributed by atoms with Crippen LogP contribution in [-0.4, -0.2) is 74.0 Å². The molecule has 2 amide bonds. The third-order valence-corrected chi connectivity index (χ3v) is 5.01. The topological polar surface area (TPSA) is 73.9 Å². The first-order valence-electron chi connectivity index (χ1n) is 10.1. The van der Waals surface area contributed by atoms with Gasteiger partial charge in [0.15, 0.2) is 0 Å². The first kappa shape index (κ1) is 22.3. The van der Waals surface area contributed by atoms with Crippen LogP contribution in [0.5, 0.6) is 0 Å². The van der Waals surface area contributed by atoms with Crippen molar-refractivity contribution < 1.29 is 14.3 Å². The first-order valence-corrected chi connectivity index (χ1v) is 10.1. The van der Waals surface area contributed by atoms with Gasteiger partial charge in [-0.05, 0) is 24.5 Å². The second kappa shape index (κ2) is 11.8. The Balaban J connectivity index is 1.66. The van der Waals surface area contributed by atoms with Gasteiger partial charge in [-0.2, -0.15) is 0 Å². The summed E-state index contributed by atoms with van der Waals surface area (Å²) in [4.78, 5) is 28.5. The summed E-state index contributed by atoms with van der Waals surface area (Å²) in [6.45, 7) is 9.20. The molecule has 0 saturated carbocycles. The zero-order chi connectivity index (χ0) is 20.4. The molecule has 1 heterocycles. The monoisotopic (exact) mass is 390 g/mol. The molecule has 7 heteroatoms. The minimum absolute atomic E-state index is 0.0279. The van der Waals surface area contributed by atoms with Gasteiger partial charge in [-0.1, -0.05) is 31.2 Å². The van der Waals surface area contributed by atoms with Crippen LogP contribution in [0.3, 0.4) is 0 Å². The molecule has 0 spiro atoms. The van der Waals surface area contributed by atoms with Crippen molar-refractivity contribution in [2.75, 3.05) is 46.4 Å². The highest BCUT2D eigenvalue weighted by Gasteiger charge is 2.20. The summed E-state index contributed by atoms with van der Waals surface area (Å²) in [7, 11) is 1.67. The number of nitrogens with one attached hydrogen (secondary N) is 2. The van der Waals surface area contributed by atoms with E-state index >= 15 is 0 Å². The number of amides is 2. The molecule has 1 saturated heterocycles. The van der Waals surface area contributed by atoms with E-state index in [1.807, 2.05) is 31.2 Å². The van der Waals surface area contributed by atoms with Gasteiger partial charge in [-0.3, -0.25) is 19.4 Å². The van der Waals surface area contributed by atoms with E-state index in [0.717, 1.165) is 43.7 Å². The van der Waals surface area contributed by atoms with Gasteiger partial charge in [0.2, 0.25) is 11.8 Å². The van der Waals surface area contributed by atoms with Gasteiger partial charge < -0.3 is 15.4 Å². The fraction of sp³-hybridized carbons (Fsp3) is 0.619. The molecule has 2 rings (SSSR count). The quantitative estimate of drug-likeness (QED) is 0.623. The molecule has 1 unspecified atom stereocenters. The summed E-state index contributed by atoms with van der Waals surface area (Å²) in [5, 5.41) is 5.99. The van der Waals surface area contributed by atoms with Crippen LogP contribution in [0.25, 0.3) is 0 Å². The van der Waals surface area contributed by atoms with E-state index in [1.165, 1.54) is 0 Å². The van der Waals surface area contributed by atoms with Crippen molar-refractivity contribution in [2.45, 2.75) is 39.5 Å². The predicted octanol–water partition coefficient (Wildman–Crippen LogP) is 0.982. The van der Waals surface area contributed by atoms with E-state index in [9.17, 15) is 9.59 Å². The van der Waals surface area contributed by atoms with Crippen molar-refractivity contribution in [1.29, 1.82) is 0 Å². The molecule has 2 N–H and O–H groups in total. The Morgan fingerprint density at radius 1 is 1.07 bits per heavy atom. The number of carbonyl (C=O) groups is 2. The normalized spacial score (nSPS) is 16.5. The minimum atomic E-state index is 0.0279. The number of rotatable bonds is 10. The van der Waals surface area contributed by atoms with E-state index in [4.69, 9.17) is 4.74 Å². The van der Waals surface area contributed by atoms with Crippen molar-refractivity contribution in [3.8, 4) is 0 Å². The SMILES string of the molecule is CCC(C)NC(=O)CN1CCN(CC(=O)NCc2cccc(COC)c2)CC1. The number of benzene rings is 1. The summed E-state index contributed by atoms with van der Waals surface area (Å²) in [6, 6.07) is 8.26. The lowest BCUT2D eigenvalue weighted by Crippen LogP contribution is -2.52. The minimum Gasteiger partial charge on any atom is -0.380 e. The largest absolute Gasteiger partial charge is 0.380 e. The van der Waals surface area contributed by atoms with Gasteiger partial charge in [0.1, 0.15) is 0 Å². The Labute approximate surface area is 168 Å². The molecule has 0 aliphatic carbocycles. The standard InChI is InChI=1S/C21H34N4O3/c1-4-17(2)23-21(27)15-25-10-8-24(9-11-25)14-20(26)22-13-18-6-5-7-19(12-18)16-28-3/h5-7,12,17H,4,8-11,13-16H2,1-3H3,(H,22,26)(H,23,27). The summed E-state index contributed by atoms with van der Waals surface area (Å²) in [6.07, 6.45) is 0.936. The first-order chi connectivity index (χ1) is 13.5. The van der Waals surface area contributed by atoms with Crippen LogP contribution in [-0.2, 0) is 27.5 Å². The van der Waals surface area contributed by atoms with Gasteiger partial charge in [0.25, 0.3) is 0 Å². The maximum atomic E-state index is 12.3. The van der Waals surface area contributed by atoms with Crippen molar-refractivity contribution in [2.24, 2.45) is 0 Å². The molecule has 0 radical (unpaired) electrons. The molecule has 1 aliphatic rings. The van der Waals surface area contributed by atoms with Gasteiger partial charge in [-0.25, -0.2) is 0 Å². The van der Waals surface area contributed by atoms with Gasteiger partial charge in [0, 0.05) is 45.9 Å². The van der Waals surface area contributed by atoms with Crippen molar-refractivity contribution >= 4 is 11.8 Å². The molecule has 1 aliphatic heterocycles. The Hall–Kier alpha value is -1.96. The van der Waals surface area contributed by atoms with Crippen LogP contribution >= 0.6 is 0 Å². The van der Waals surface area contributed by atoms with E-state index < -0.39 is 0 Å². The third kappa shape index (κ3) is 7.96. The average Bonchev–Trinajstić information content (AvgIpc) is 2.68. The van der Waals surface area contributed by atoms with Gasteiger partial charge >= 0.3 is 0 Å². The molecular weight excluding hydrogens is 356 g/mol. The molecule has 1 fully saturated rings. The highest BCUT2D eigenvalue weighted by Crippen LogP contribution is 2.06. The lowest BCUT2D eigenvalue weighted by molar-refractivity contribution is -0.125. The molecule has 28 heavy (non-hydrogen) atoms. The average molecular weight is 391 g/mol. The van der Waals surface area contributed by atoms with Crippen molar-refractivity contribution in [3.05, 3.63) is 35.4 Å². The van der Waals surface area contributed by atoms with E-state index in [0.29, 0.717) is 26.2 Å². The number of ether oxygens (including phenoxy) is 1. The van der Waals surface area contributed by atoms with Gasteiger partial charge in [-0.15, -0.1) is 0 Å². The zero-order valence-corrected chi connectivity index (χ0v) is 17.4. The lowest BCUT2D eigenvalue weighted by Gasteiger charge is -2.34. The second-order valence-electron chi connectivity index (χ2n) is 7.46. The number of carbonyl (C=O) groups excluding carboxylic acids is 2. The van der Waals surface area contributed by atoms with Crippen LogP contribution < -0.4 is 10.6 Å². The summed E-state index contributed by atoms with van der Waals surface area (Å²) < 4.78 is 5.14. The van der Waals surface area contributed by atoms with Crippen molar-refractivity contribution in [1.82, 2.24) is 20.4 Å². The van der Waals surface area contributed by atoms with E-state index in [2.05, 4.69) is 27.4 Å². The fourth-order valence-electron chi connectivity index (χ4n) is 3.19. The number of nitrogens with zero attached hydrogens (tertiary/aromatic N) is 2. The molecule has 1 aromatic carbocycles. The summed E-state index contributed by atoms with van der Waals surface area (Å²) >= 11 is 0. The Morgan fingerprint density at radius 3 is 2.29 bits per heavy atom.